The van der Waals surface area contributed by atoms with Crippen molar-refractivity contribution >= 4 is 39.1 Å². The van der Waals surface area contributed by atoms with E-state index in [0.29, 0.717) is 4.90 Å². The third-order valence-corrected chi connectivity index (χ3v) is 7.46. The molecule has 2 aromatic rings. The highest BCUT2D eigenvalue weighted by Crippen LogP contribution is 2.32. The molecule has 0 bridgehead atoms. The van der Waals surface area contributed by atoms with Crippen molar-refractivity contribution in [2.45, 2.75) is 37.8 Å². The fourth-order valence-electron chi connectivity index (χ4n) is 3.31. The van der Waals surface area contributed by atoms with Gasteiger partial charge < -0.3 is 5.32 Å². The van der Waals surface area contributed by atoms with E-state index < -0.39 is 44.4 Å². The predicted octanol–water partition coefficient (Wildman–Crippen LogP) is 2.25. The van der Waals surface area contributed by atoms with E-state index in [1.54, 1.807) is 13.8 Å². The molecule has 1 N–H and O–H groups in total. The van der Waals surface area contributed by atoms with Crippen LogP contribution < -0.4 is 5.32 Å². The van der Waals surface area contributed by atoms with E-state index in [1.807, 2.05) is 0 Å². The first-order valence-corrected chi connectivity index (χ1v) is 11.4. The normalized spacial score (nSPS) is 14.5. The molecule has 33 heavy (non-hydrogen) atoms. The topological polar surface area (TPSA) is 147 Å². The second-order valence-corrected chi connectivity index (χ2v) is 9.74. The van der Waals surface area contributed by atoms with Gasteiger partial charge >= 0.3 is 0 Å². The van der Waals surface area contributed by atoms with Crippen LogP contribution in [0.25, 0.3) is 0 Å². The summed E-state index contributed by atoms with van der Waals surface area (Å²) in [5, 5.41) is 13.8. The molecule has 1 aliphatic heterocycles. The number of imide groups is 1. The minimum absolute atomic E-state index is 0.0393. The van der Waals surface area contributed by atoms with E-state index in [9.17, 15) is 32.9 Å². The lowest BCUT2D eigenvalue weighted by molar-refractivity contribution is -0.385. The van der Waals surface area contributed by atoms with Gasteiger partial charge in [0, 0.05) is 24.8 Å². The lowest BCUT2D eigenvalue weighted by Crippen LogP contribution is -2.45. The number of hydrogen-bond acceptors (Lipinski definition) is 7. The van der Waals surface area contributed by atoms with E-state index in [1.165, 1.54) is 54.7 Å². The molecule has 0 aromatic heterocycles. The molecule has 11 nitrogen and oxygen atoms in total. The smallest absolute Gasteiger partial charge is 0.282 e. The quantitative estimate of drug-likeness (QED) is 0.368. The van der Waals surface area contributed by atoms with Crippen molar-refractivity contribution in [3.8, 4) is 0 Å². The molecule has 0 spiro atoms. The average Bonchev–Trinajstić information content (AvgIpc) is 3.03. The summed E-state index contributed by atoms with van der Waals surface area (Å²) in [6.45, 7) is 4.79. The number of carbonyl (C=O) groups is 3. The highest BCUT2D eigenvalue weighted by molar-refractivity contribution is 7.89. The van der Waals surface area contributed by atoms with E-state index in [-0.39, 0.29) is 27.8 Å². The molecular formula is C21H22N4O7S. The van der Waals surface area contributed by atoms with Gasteiger partial charge in [-0.3, -0.25) is 29.4 Å². The van der Waals surface area contributed by atoms with Crippen LogP contribution in [0, 0.1) is 10.1 Å². The van der Waals surface area contributed by atoms with Gasteiger partial charge in [-0.2, -0.15) is 4.31 Å². The minimum Gasteiger partial charge on any atom is -0.324 e. The van der Waals surface area contributed by atoms with Gasteiger partial charge in [0.2, 0.25) is 15.9 Å². The molecule has 0 radical (unpaired) electrons. The maximum atomic E-state index is 12.8. The van der Waals surface area contributed by atoms with Crippen LogP contribution in [0.15, 0.2) is 47.4 Å². The minimum atomic E-state index is -3.70. The third kappa shape index (κ3) is 4.22. The second kappa shape index (κ2) is 8.71. The number of sulfonamides is 1. The number of amides is 3. The molecule has 0 saturated heterocycles. The molecular weight excluding hydrogens is 452 g/mol. The Balaban J connectivity index is 1.79. The first kappa shape index (κ1) is 24.0. The van der Waals surface area contributed by atoms with Crippen LogP contribution >= 0.6 is 0 Å². The summed E-state index contributed by atoms with van der Waals surface area (Å²) < 4.78 is 26.3. The Morgan fingerprint density at radius 2 is 1.67 bits per heavy atom. The van der Waals surface area contributed by atoms with Gasteiger partial charge in [0.25, 0.3) is 17.5 Å². The van der Waals surface area contributed by atoms with Gasteiger partial charge in [0.15, 0.2) is 0 Å². The standard InChI is InChI=1S/C21H22N4O7S/c1-12(2)23(4)33(31,32)15-10-8-14(9-11-15)22-19(26)13(3)24-20(27)16-6-5-7-17(25(29)30)18(16)21(24)28/h5-13H,1-4H3,(H,22,26)/t13-/m0/s1. The predicted molar refractivity (Wildman–Crippen MR) is 118 cm³/mol. The number of fused-ring (bicyclic) bond motifs is 1. The zero-order chi connectivity index (χ0) is 24.7. The summed E-state index contributed by atoms with van der Waals surface area (Å²) in [5.74, 6) is -2.45. The Morgan fingerprint density at radius 3 is 2.21 bits per heavy atom. The SMILES string of the molecule is CC(C)N(C)S(=O)(=O)c1ccc(NC(=O)[C@H](C)N2C(=O)c3cccc([N+](=O)[O-])c3C2=O)cc1. The zero-order valence-corrected chi connectivity index (χ0v) is 19.1. The molecule has 2 aromatic carbocycles. The van der Waals surface area contributed by atoms with Gasteiger partial charge in [-0.25, -0.2) is 8.42 Å². The largest absolute Gasteiger partial charge is 0.324 e. The average molecular weight is 474 g/mol. The third-order valence-electron chi connectivity index (χ3n) is 5.41. The number of nitro benzene ring substituents is 1. The van der Waals surface area contributed by atoms with Crippen LogP contribution in [0.2, 0.25) is 0 Å². The van der Waals surface area contributed by atoms with E-state index in [4.69, 9.17) is 0 Å². The van der Waals surface area contributed by atoms with Crippen LogP contribution in [-0.4, -0.2) is 59.4 Å². The first-order chi connectivity index (χ1) is 15.4. The molecule has 1 atom stereocenters. The number of nitrogens with zero attached hydrogens (tertiary/aromatic N) is 3. The van der Waals surface area contributed by atoms with Gasteiger partial charge in [0.1, 0.15) is 11.6 Å². The number of anilines is 1. The molecule has 12 heteroatoms. The Hall–Kier alpha value is -3.64. The molecule has 0 fully saturated rings. The van der Waals surface area contributed by atoms with E-state index in [0.717, 1.165) is 6.07 Å². The van der Waals surface area contributed by atoms with Crippen molar-refractivity contribution in [3.05, 3.63) is 63.7 Å². The number of benzene rings is 2. The van der Waals surface area contributed by atoms with Crippen molar-refractivity contribution < 1.29 is 27.7 Å². The molecule has 3 amide bonds. The molecule has 0 saturated carbocycles. The second-order valence-electron chi connectivity index (χ2n) is 7.74. The molecule has 3 rings (SSSR count). The highest BCUT2D eigenvalue weighted by atomic mass is 32.2. The molecule has 174 valence electrons. The lowest BCUT2D eigenvalue weighted by Gasteiger charge is -2.22. The van der Waals surface area contributed by atoms with E-state index >= 15 is 0 Å². The Morgan fingerprint density at radius 1 is 1.06 bits per heavy atom. The fourth-order valence-corrected chi connectivity index (χ4v) is 4.68. The number of hydrogen-bond donors (Lipinski definition) is 1. The summed E-state index contributed by atoms with van der Waals surface area (Å²) in [6, 6.07) is 7.63. The lowest BCUT2D eigenvalue weighted by atomic mass is 10.1. The summed E-state index contributed by atoms with van der Waals surface area (Å²) in [7, 11) is -2.24. The number of nitro groups is 1. The van der Waals surface area contributed by atoms with Crippen LogP contribution in [0.4, 0.5) is 11.4 Å². The highest BCUT2D eigenvalue weighted by Gasteiger charge is 2.44. The van der Waals surface area contributed by atoms with Crippen molar-refractivity contribution in [1.29, 1.82) is 0 Å². The van der Waals surface area contributed by atoms with Gasteiger partial charge in [-0.1, -0.05) is 6.07 Å². The number of rotatable bonds is 7. The summed E-state index contributed by atoms with van der Waals surface area (Å²) in [5.41, 5.74) is -0.752. The Labute approximate surface area is 190 Å². The van der Waals surface area contributed by atoms with Crippen LogP contribution in [0.1, 0.15) is 41.5 Å². The summed E-state index contributed by atoms with van der Waals surface area (Å²) in [6.07, 6.45) is 0. The Kier molecular flexibility index (Phi) is 6.34. The molecule has 1 heterocycles. The van der Waals surface area contributed by atoms with Crippen molar-refractivity contribution in [1.82, 2.24) is 9.21 Å². The summed E-state index contributed by atoms with van der Waals surface area (Å²) >= 11 is 0. The van der Waals surface area contributed by atoms with Gasteiger partial charge in [-0.15, -0.1) is 0 Å². The Bertz CT molecular complexity index is 1260. The molecule has 1 aliphatic rings. The van der Waals surface area contributed by atoms with Crippen LogP contribution in [-0.2, 0) is 14.8 Å². The van der Waals surface area contributed by atoms with Crippen molar-refractivity contribution in [2.24, 2.45) is 0 Å². The van der Waals surface area contributed by atoms with Crippen LogP contribution in [0.5, 0.6) is 0 Å². The van der Waals surface area contributed by atoms with E-state index in [2.05, 4.69) is 5.32 Å². The van der Waals surface area contributed by atoms with Crippen LogP contribution in [0.3, 0.4) is 0 Å². The van der Waals surface area contributed by atoms with Crippen molar-refractivity contribution in [2.75, 3.05) is 12.4 Å². The van der Waals surface area contributed by atoms with Gasteiger partial charge in [0.05, 0.1) is 15.4 Å². The first-order valence-electron chi connectivity index (χ1n) is 9.92. The maximum absolute atomic E-state index is 12.8. The molecule has 0 aliphatic carbocycles. The monoisotopic (exact) mass is 474 g/mol. The zero-order valence-electron chi connectivity index (χ0n) is 18.3. The number of nitrogens with one attached hydrogen (secondary N) is 1. The van der Waals surface area contributed by atoms with Gasteiger partial charge in [-0.05, 0) is 51.1 Å². The van der Waals surface area contributed by atoms with Crippen molar-refractivity contribution in [3.63, 3.8) is 0 Å². The number of carbonyl (C=O) groups excluding carboxylic acids is 3. The fraction of sp³-hybridized carbons (Fsp3) is 0.286. The maximum Gasteiger partial charge on any atom is 0.282 e. The molecule has 0 unspecified atom stereocenters. The summed E-state index contributed by atoms with van der Waals surface area (Å²) in [4.78, 5) is 49.4.